The fraction of sp³-hybridized carbons (Fsp3) is 0.333. The number of benzene rings is 1. The molecule has 0 heterocycles. The van der Waals surface area contributed by atoms with Crippen LogP contribution in [0.25, 0.3) is 0 Å². The molecule has 2 N–H and O–H groups in total. The van der Waals surface area contributed by atoms with Gasteiger partial charge in [-0.1, -0.05) is 19.1 Å². The molecule has 4 nitrogen and oxygen atoms in total. The largest absolute Gasteiger partial charge is 0.355 e. The Hall–Kier alpha value is -1.84. The van der Waals surface area contributed by atoms with E-state index in [1.54, 1.807) is 31.3 Å². The van der Waals surface area contributed by atoms with Gasteiger partial charge < -0.3 is 10.6 Å². The number of hydrogen-bond donors (Lipinski definition) is 2. The molecule has 86 valence electrons. The van der Waals surface area contributed by atoms with Gasteiger partial charge in [0.2, 0.25) is 0 Å². The van der Waals surface area contributed by atoms with E-state index in [4.69, 9.17) is 0 Å². The van der Waals surface area contributed by atoms with Crippen LogP contribution in [-0.4, -0.2) is 25.4 Å². The molecular formula is C12H16N2O2. The van der Waals surface area contributed by atoms with E-state index in [9.17, 15) is 9.59 Å². The van der Waals surface area contributed by atoms with Crippen molar-refractivity contribution in [1.82, 2.24) is 10.6 Å². The van der Waals surface area contributed by atoms with Crippen LogP contribution in [0.3, 0.4) is 0 Å². The molecular weight excluding hydrogens is 204 g/mol. The van der Waals surface area contributed by atoms with Gasteiger partial charge in [0, 0.05) is 13.6 Å². The molecule has 0 saturated carbocycles. The van der Waals surface area contributed by atoms with Gasteiger partial charge in [-0.15, -0.1) is 0 Å². The SMILES string of the molecule is CCCNC(=O)c1ccccc1C(=O)NC. The van der Waals surface area contributed by atoms with Crippen LogP contribution in [0.2, 0.25) is 0 Å². The van der Waals surface area contributed by atoms with Crippen LogP contribution < -0.4 is 10.6 Å². The molecule has 1 aromatic rings. The maximum absolute atomic E-state index is 11.8. The first-order valence-electron chi connectivity index (χ1n) is 5.30. The van der Waals surface area contributed by atoms with Crippen molar-refractivity contribution in [1.29, 1.82) is 0 Å². The van der Waals surface area contributed by atoms with Gasteiger partial charge in [-0.25, -0.2) is 0 Å². The fourth-order valence-corrected chi connectivity index (χ4v) is 1.35. The number of carbonyl (C=O) groups is 2. The van der Waals surface area contributed by atoms with Crippen molar-refractivity contribution in [2.24, 2.45) is 0 Å². The molecule has 16 heavy (non-hydrogen) atoms. The molecule has 0 aliphatic rings. The molecule has 0 radical (unpaired) electrons. The summed E-state index contributed by atoms with van der Waals surface area (Å²) in [7, 11) is 1.54. The third-order valence-electron chi connectivity index (χ3n) is 2.18. The highest BCUT2D eigenvalue weighted by atomic mass is 16.2. The van der Waals surface area contributed by atoms with E-state index in [-0.39, 0.29) is 11.8 Å². The van der Waals surface area contributed by atoms with Crippen molar-refractivity contribution in [2.75, 3.05) is 13.6 Å². The van der Waals surface area contributed by atoms with Crippen molar-refractivity contribution in [3.63, 3.8) is 0 Å². The summed E-state index contributed by atoms with van der Waals surface area (Å²) in [6, 6.07) is 6.77. The van der Waals surface area contributed by atoms with E-state index in [1.807, 2.05) is 6.92 Å². The minimum atomic E-state index is -0.248. The molecule has 1 aromatic carbocycles. The average molecular weight is 220 g/mol. The monoisotopic (exact) mass is 220 g/mol. The van der Waals surface area contributed by atoms with Crippen LogP contribution in [-0.2, 0) is 0 Å². The minimum Gasteiger partial charge on any atom is -0.355 e. The Balaban J connectivity index is 2.94. The van der Waals surface area contributed by atoms with Crippen molar-refractivity contribution in [2.45, 2.75) is 13.3 Å². The lowest BCUT2D eigenvalue weighted by atomic mass is 10.1. The van der Waals surface area contributed by atoms with Gasteiger partial charge in [-0.2, -0.15) is 0 Å². The maximum atomic E-state index is 11.8. The van der Waals surface area contributed by atoms with E-state index < -0.39 is 0 Å². The van der Waals surface area contributed by atoms with Crippen LogP contribution >= 0.6 is 0 Å². The van der Waals surface area contributed by atoms with Crippen LogP contribution in [0.1, 0.15) is 34.1 Å². The molecule has 0 atom stereocenters. The molecule has 0 fully saturated rings. The summed E-state index contributed by atoms with van der Waals surface area (Å²) in [5.74, 6) is -0.455. The summed E-state index contributed by atoms with van der Waals surface area (Å²) in [6.07, 6.45) is 0.869. The maximum Gasteiger partial charge on any atom is 0.252 e. The van der Waals surface area contributed by atoms with Crippen molar-refractivity contribution < 1.29 is 9.59 Å². The second kappa shape index (κ2) is 5.90. The summed E-state index contributed by atoms with van der Waals surface area (Å²) in [6.45, 7) is 2.59. The minimum absolute atomic E-state index is 0.207. The van der Waals surface area contributed by atoms with Gasteiger partial charge in [0.05, 0.1) is 11.1 Å². The molecule has 1 rings (SSSR count). The van der Waals surface area contributed by atoms with E-state index in [0.29, 0.717) is 17.7 Å². The first-order chi connectivity index (χ1) is 7.70. The van der Waals surface area contributed by atoms with Crippen molar-refractivity contribution >= 4 is 11.8 Å². The van der Waals surface area contributed by atoms with E-state index in [1.165, 1.54) is 0 Å². The zero-order valence-corrected chi connectivity index (χ0v) is 9.54. The zero-order valence-electron chi connectivity index (χ0n) is 9.54. The molecule has 0 aromatic heterocycles. The highest BCUT2D eigenvalue weighted by molar-refractivity contribution is 6.07. The van der Waals surface area contributed by atoms with Gasteiger partial charge in [0.25, 0.3) is 11.8 Å². The second-order valence-corrected chi connectivity index (χ2v) is 3.38. The van der Waals surface area contributed by atoms with Crippen LogP contribution in [0.15, 0.2) is 24.3 Å². The zero-order chi connectivity index (χ0) is 12.0. The molecule has 0 unspecified atom stereocenters. The number of nitrogens with one attached hydrogen (secondary N) is 2. The number of amides is 2. The van der Waals surface area contributed by atoms with Gasteiger partial charge in [-0.05, 0) is 18.6 Å². The van der Waals surface area contributed by atoms with E-state index in [2.05, 4.69) is 10.6 Å². The van der Waals surface area contributed by atoms with Crippen molar-refractivity contribution in [3.05, 3.63) is 35.4 Å². The standard InChI is InChI=1S/C12H16N2O2/c1-3-8-14-12(16)10-7-5-4-6-9(10)11(15)13-2/h4-7H,3,8H2,1-2H3,(H,13,15)(H,14,16). The van der Waals surface area contributed by atoms with Crippen LogP contribution in [0, 0.1) is 0 Å². The Morgan fingerprint density at radius 2 is 1.69 bits per heavy atom. The predicted octanol–water partition coefficient (Wildman–Crippen LogP) is 1.19. The third kappa shape index (κ3) is 2.82. The summed E-state index contributed by atoms with van der Waals surface area (Å²) < 4.78 is 0. The fourth-order valence-electron chi connectivity index (χ4n) is 1.35. The molecule has 0 spiro atoms. The van der Waals surface area contributed by atoms with Gasteiger partial charge in [0.1, 0.15) is 0 Å². The molecule has 0 aliphatic carbocycles. The first kappa shape index (κ1) is 12.2. The summed E-state index contributed by atoms with van der Waals surface area (Å²) in [4.78, 5) is 23.3. The summed E-state index contributed by atoms with van der Waals surface area (Å²) >= 11 is 0. The Kier molecular flexibility index (Phi) is 4.51. The van der Waals surface area contributed by atoms with Crippen LogP contribution in [0.4, 0.5) is 0 Å². The number of carbonyl (C=O) groups excluding carboxylic acids is 2. The molecule has 0 aliphatic heterocycles. The Morgan fingerprint density at radius 3 is 2.19 bits per heavy atom. The number of hydrogen-bond acceptors (Lipinski definition) is 2. The molecule has 0 saturated heterocycles. The Bertz CT molecular complexity index is 388. The lowest BCUT2D eigenvalue weighted by molar-refractivity contribution is 0.0924. The third-order valence-corrected chi connectivity index (χ3v) is 2.18. The number of rotatable bonds is 4. The lowest BCUT2D eigenvalue weighted by Crippen LogP contribution is -2.28. The Morgan fingerprint density at radius 1 is 1.12 bits per heavy atom. The normalized spacial score (nSPS) is 9.62. The summed E-state index contributed by atoms with van der Waals surface area (Å²) in [5, 5.41) is 5.26. The second-order valence-electron chi connectivity index (χ2n) is 3.38. The van der Waals surface area contributed by atoms with Crippen LogP contribution in [0.5, 0.6) is 0 Å². The lowest BCUT2D eigenvalue weighted by Gasteiger charge is -2.08. The molecule has 2 amide bonds. The average Bonchev–Trinajstić information content (AvgIpc) is 2.35. The van der Waals surface area contributed by atoms with Crippen molar-refractivity contribution in [3.8, 4) is 0 Å². The predicted molar refractivity (Wildman–Crippen MR) is 62.5 cm³/mol. The van der Waals surface area contributed by atoms with Gasteiger partial charge in [0.15, 0.2) is 0 Å². The van der Waals surface area contributed by atoms with Gasteiger partial charge >= 0.3 is 0 Å². The smallest absolute Gasteiger partial charge is 0.252 e. The first-order valence-corrected chi connectivity index (χ1v) is 5.30. The highest BCUT2D eigenvalue weighted by Gasteiger charge is 2.14. The topological polar surface area (TPSA) is 58.2 Å². The highest BCUT2D eigenvalue weighted by Crippen LogP contribution is 2.08. The summed E-state index contributed by atoms with van der Waals surface area (Å²) in [5.41, 5.74) is 0.814. The quantitative estimate of drug-likeness (QED) is 0.800. The van der Waals surface area contributed by atoms with E-state index >= 15 is 0 Å². The molecule has 0 bridgehead atoms. The van der Waals surface area contributed by atoms with Gasteiger partial charge in [-0.3, -0.25) is 9.59 Å². The van der Waals surface area contributed by atoms with E-state index in [0.717, 1.165) is 6.42 Å². The Labute approximate surface area is 95.0 Å². The molecule has 4 heteroatoms.